The van der Waals surface area contributed by atoms with Crippen LogP contribution in [0.1, 0.15) is 20.1 Å². The second kappa shape index (κ2) is 4.74. The van der Waals surface area contributed by atoms with E-state index in [2.05, 4.69) is 15.0 Å². The van der Waals surface area contributed by atoms with Gasteiger partial charge in [0.15, 0.2) is 23.5 Å². The first-order valence-corrected chi connectivity index (χ1v) is 7.27. The molecule has 124 valence electrons. The largest absolute Gasteiger partial charge is 0.394 e. The number of nitrogen functional groups attached to an aromatic ring is 2. The molecule has 2 saturated heterocycles. The van der Waals surface area contributed by atoms with Crippen LogP contribution in [-0.2, 0) is 14.2 Å². The van der Waals surface area contributed by atoms with Crippen molar-refractivity contribution in [2.75, 3.05) is 18.1 Å². The summed E-state index contributed by atoms with van der Waals surface area (Å²) in [6, 6.07) is 0. The lowest BCUT2D eigenvalue weighted by Gasteiger charge is -2.24. The maximum absolute atomic E-state index is 9.55. The van der Waals surface area contributed by atoms with Crippen molar-refractivity contribution in [3.05, 3.63) is 6.33 Å². The highest BCUT2D eigenvalue weighted by Crippen LogP contribution is 2.43. The predicted molar refractivity (Wildman–Crippen MR) is 79.0 cm³/mol. The SMILES string of the molecule is CC1(C)O[C@@H]2[C@H](O1)[C@@H](CO)O[C@H]2n1cnc2c(N)nc(N)nc21. The number of rotatable bonds is 2. The van der Waals surface area contributed by atoms with Crippen molar-refractivity contribution in [3.8, 4) is 0 Å². The number of aliphatic hydroxyl groups is 1. The van der Waals surface area contributed by atoms with Gasteiger partial charge in [-0.1, -0.05) is 0 Å². The first-order chi connectivity index (χ1) is 10.9. The molecule has 23 heavy (non-hydrogen) atoms. The number of fused-ring (bicyclic) bond motifs is 2. The molecule has 5 N–H and O–H groups in total. The van der Waals surface area contributed by atoms with Crippen LogP contribution in [0.2, 0.25) is 0 Å². The molecule has 0 aliphatic carbocycles. The average Bonchev–Trinajstić information content (AvgIpc) is 3.09. The first kappa shape index (κ1) is 14.6. The minimum absolute atomic E-state index is 0.0499. The first-order valence-electron chi connectivity index (χ1n) is 7.27. The normalized spacial score (nSPS) is 32.5. The van der Waals surface area contributed by atoms with E-state index >= 15 is 0 Å². The van der Waals surface area contributed by atoms with Crippen molar-refractivity contribution in [1.82, 2.24) is 19.5 Å². The summed E-state index contributed by atoms with van der Waals surface area (Å²) in [5, 5.41) is 9.55. The number of hydrogen-bond acceptors (Lipinski definition) is 9. The van der Waals surface area contributed by atoms with E-state index in [1.54, 1.807) is 10.9 Å². The fourth-order valence-corrected chi connectivity index (χ4v) is 3.17. The van der Waals surface area contributed by atoms with Gasteiger partial charge in [-0.2, -0.15) is 9.97 Å². The summed E-state index contributed by atoms with van der Waals surface area (Å²) in [4.78, 5) is 12.3. The Morgan fingerprint density at radius 2 is 2.00 bits per heavy atom. The Morgan fingerprint density at radius 1 is 1.26 bits per heavy atom. The van der Waals surface area contributed by atoms with Crippen molar-refractivity contribution in [3.63, 3.8) is 0 Å². The third kappa shape index (κ3) is 2.14. The summed E-state index contributed by atoms with van der Waals surface area (Å²) < 4.78 is 19.3. The second-order valence-electron chi connectivity index (χ2n) is 6.10. The number of nitrogens with two attached hydrogens (primary N) is 2. The van der Waals surface area contributed by atoms with Crippen LogP contribution in [0.3, 0.4) is 0 Å². The quantitative estimate of drug-likeness (QED) is 0.660. The molecular formula is C13H18N6O4. The summed E-state index contributed by atoms with van der Waals surface area (Å²) in [7, 11) is 0. The number of aliphatic hydroxyl groups excluding tert-OH is 1. The molecular weight excluding hydrogens is 304 g/mol. The molecule has 0 saturated carbocycles. The van der Waals surface area contributed by atoms with Crippen molar-refractivity contribution in [2.45, 2.75) is 44.2 Å². The third-order valence-corrected chi connectivity index (χ3v) is 4.05. The van der Waals surface area contributed by atoms with Gasteiger partial charge in [0.05, 0.1) is 12.9 Å². The highest BCUT2D eigenvalue weighted by Gasteiger charge is 2.55. The van der Waals surface area contributed by atoms with Crippen LogP contribution in [0, 0.1) is 0 Å². The summed E-state index contributed by atoms with van der Waals surface area (Å²) in [6.45, 7) is 3.46. The summed E-state index contributed by atoms with van der Waals surface area (Å²) in [5.74, 6) is -0.508. The number of hydrogen-bond donors (Lipinski definition) is 3. The van der Waals surface area contributed by atoms with E-state index in [0.717, 1.165) is 0 Å². The number of anilines is 2. The number of aromatic nitrogens is 4. The van der Waals surface area contributed by atoms with E-state index in [1.807, 2.05) is 13.8 Å². The smallest absolute Gasteiger partial charge is 0.224 e. The molecule has 2 aromatic heterocycles. The highest BCUT2D eigenvalue weighted by atomic mass is 16.8. The molecule has 0 aromatic carbocycles. The van der Waals surface area contributed by atoms with Crippen molar-refractivity contribution in [1.29, 1.82) is 0 Å². The van der Waals surface area contributed by atoms with Crippen LogP contribution in [0.4, 0.5) is 11.8 Å². The van der Waals surface area contributed by atoms with Gasteiger partial charge in [0, 0.05) is 0 Å². The highest BCUT2D eigenvalue weighted by molar-refractivity contribution is 5.82. The molecule has 0 spiro atoms. The molecule has 0 bridgehead atoms. The van der Waals surface area contributed by atoms with Gasteiger partial charge in [-0.3, -0.25) is 4.57 Å². The Morgan fingerprint density at radius 3 is 2.74 bits per heavy atom. The lowest BCUT2D eigenvalue weighted by molar-refractivity contribution is -0.199. The Bertz CT molecular complexity index is 762. The molecule has 0 radical (unpaired) electrons. The molecule has 2 fully saturated rings. The molecule has 0 unspecified atom stereocenters. The van der Waals surface area contributed by atoms with Crippen LogP contribution in [0.25, 0.3) is 11.2 Å². The fourth-order valence-electron chi connectivity index (χ4n) is 3.17. The zero-order chi connectivity index (χ0) is 16.4. The zero-order valence-electron chi connectivity index (χ0n) is 12.7. The molecule has 2 aliphatic heterocycles. The van der Waals surface area contributed by atoms with Gasteiger partial charge in [0.25, 0.3) is 0 Å². The van der Waals surface area contributed by atoms with Crippen LogP contribution in [-0.4, -0.2) is 55.3 Å². The molecule has 2 aromatic rings. The number of nitrogens with zero attached hydrogens (tertiary/aromatic N) is 4. The van der Waals surface area contributed by atoms with E-state index < -0.39 is 24.2 Å². The standard InChI is InChI=1S/C13H18N6O4/c1-13(2)22-7-5(3-20)21-11(8(7)23-13)19-4-16-6-9(14)17-12(15)18-10(6)19/h4-5,7-8,11,20H,3H2,1-2H3,(H4,14,15,17,18)/t5-,7-,8-,11-/m1/s1. The molecule has 4 heterocycles. The van der Waals surface area contributed by atoms with Crippen molar-refractivity contribution < 1.29 is 19.3 Å². The minimum atomic E-state index is -0.756. The molecule has 4 atom stereocenters. The van der Waals surface area contributed by atoms with Gasteiger partial charge in [0.1, 0.15) is 23.8 Å². The van der Waals surface area contributed by atoms with Gasteiger partial charge in [-0.05, 0) is 13.8 Å². The molecule has 0 amide bonds. The molecule has 2 aliphatic rings. The number of imidazole rings is 1. The monoisotopic (exact) mass is 322 g/mol. The van der Waals surface area contributed by atoms with E-state index in [0.29, 0.717) is 11.2 Å². The maximum Gasteiger partial charge on any atom is 0.224 e. The van der Waals surface area contributed by atoms with Crippen molar-refractivity contribution in [2.24, 2.45) is 0 Å². The van der Waals surface area contributed by atoms with Crippen LogP contribution < -0.4 is 11.5 Å². The van der Waals surface area contributed by atoms with Gasteiger partial charge in [-0.25, -0.2) is 4.98 Å². The summed E-state index contributed by atoms with van der Waals surface area (Å²) in [6.07, 6.45) is -0.296. The number of ether oxygens (including phenoxy) is 3. The second-order valence-corrected chi connectivity index (χ2v) is 6.10. The van der Waals surface area contributed by atoms with Gasteiger partial charge in [0.2, 0.25) is 5.95 Å². The van der Waals surface area contributed by atoms with Crippen LogP contribution >= 0.6 is 0 Å². The van der Waals surface area contributed by atoms with E-state index in [-0.39, 0.29) is 24.5 Å². The van der Waals surface area contributed by atoms with Gasteiger partial charge in [-0.15, -0.1) is 0 Å². The Kier molecular flexibility index (Phi) is 3.00. The summed E-state index contributed by atoms with van der Waals surface area (Å²) in [5.41, 5.74) is 12.4. The Hall–Kier alpha value is -2.01. The average molecular weight is 322 g/mol. The Balaban J connectivity index is 1.79. The lowest BCUT2D eigenvalue weighted by atomic mass is 10.1. The van der Waals surface area contributed by atoms with Gasteiger partial charge >= 0.3 is 0 Å². The van der Waals surface area contributed by atoms with E-state index in [4.69, 9.17) is 25.7 Å². The van der Waals surface area contributed by atoms with Crippen LogP contribution in [0.5, 0.6) is 0 Å². The minimum Gasteiger partial charge on any atom is -0.394 e. The zero-order valence-corrected chi connectivity index (χ0v) is 12.7. The van der Waals surface area contributed by atoms with Crippen LogP contribution in [0.15, 0.2) is 6.33 Å². The maximum atomic E-state index is 9.55. The van der Waals surface area contributed by atoms with E-state index in [9.17, 15) is 5.11 Å². The van der Waals surface area contributed by atoms with Gasteiger partial charge < -0.3 is 30.8 Å². The topological polar surface area (TPSA) is 144 Å². The molecule has 4 rings (SSSR count). The lowest BCUT2D eigenvalue weighted by Crippen LogP contribution is -2.31. The molecule has 10 heteroatoms. The summed E-state index contributed by atoms with van der Waals surface area (Å²) >= 11 is 0. The predicted octanol–water partition coefficient (Wildman–Crippen LogP) is -0.599. The van der Waals surface area contributed by atoms with Crippen molar-refractivity contribution >= 4 is 22.9 Å². The Labute approximate surface area is 131 Å². The van der Waals surface area contributed by atoms with E-state index in [1.165, 1.54) is 0 Å². The molecule has 10 nitrogen and oxygen atoms in total. The third-order valence-electron chi connectivity index (χ3n) is 4.05. The fraction of sp³-hybridized carbons (Fsp3) is 0.615.